The summed E-state index contributed by atoms with van der Waals surface area (Å²) in [6.07, 6.45) is 0.374. The van der Waals surface area contributed by atoms with E-state index in [9.17, 15) is 8.78 Å². The van der Waals surface area contributed by atoms with Gasteiger partial charge in [0.2, 0.25) is 0 Å². The quantitative estimate of drug-likeness (QED) is 0.718. The van der Waals surface area contributed by atoms with Crippen LogP contribution in [0.25, 0.3) is 0 Å². The first-order valence-electron chi connectivity index (χ1n) is 3.44. The van der Waals surface area contributed by atoms with E-state index >= 15 is 0 Å². The molecule has 0 amide bonds. The summed E-state index contributed by atoms with van der Waals surface area (Å²) in [7, 11) is 0. The second kappa shape index (κ2) is 3.94. The van der Waals surface area contributed by atoms with Crippen LogP contribution in [-0.4, -0.2) is 4.98 Å². The van der Waals surface area contributed by atoms with Crippen LogP contribution in [0.1, 0.15) is 23.1 Å². The van der Waals surface area contributed by atoms with E-state index in [4.69, 9.17) is 0 Å². The van der Waals surface area contributed by atoms with E-state index in [-0.39, 0.29) is 5.56 Å². The molecule has 66 valence electrons. The molecule has 0 spiro atoms. The smallest absolute Gasteiger partial charge is 0.264 e. The van der Waals surface area contributed by atoms with Gasteiger partial charge in [0.25, 0.3) is 6.43 Å². The highest BCUT2D eigenvalue weighted by molar-refractivity contribution is 9.08. The van der Waals surface area contributed by atoms with E-state index in [2.05, 4.69) is 20.9 Å². The SMILES string of the molecule is Cc1c(CBr)cncc1C(F)F. The van der Waals surface area contributed by atoms with Crippen LogP contribution < -0.4 is 0 Å². The average molecular weight is 236 g/mol. The third-order valence-corrected chi connectivity index (χ3v) is 2.34. The molecule has 0 aliphatic carbocycles. The maximum absolute atomic E-state index is 12.3. The molecule has 0 aliphatic heterocycles. The van der Waals surface area contributed by atoms with Crippen molar-refractivity contribution in [3.05, 3.63) is 29.1 Å². The fourth-order valence-corrected chi connectivity index (χ4v) is 1.51. The number of pyridine rings is 1. The molecule has 0 aliphatic rings. The zero-order valence-electron chi connectivity index (χ0n) is 6.52. The summed E-state index contributed by atoms with van der Waals surface area (Å²) >= 11 is 3.21. The van der Waals surface area contributed by atoms with Crippen molar-refractivity contribution < 1.29 is 8.78 Å². The molecule has 1 heterocycles. The highest BCUT2D eigenvalue weighted by atomic mass is 79.9. The average Bonchev–Trinajstić information content (AvgIpc) is 2.04. The van der Waals surface area contributed by atoms with Crippen molar-refractivity contribution in [3.63, 3.8) is 0 Å². The molecule has 4 heteroatoms. The van der Waals surface area contributed by atoms with Crippen molar-refractivity contribution >= 4 is 15.9 Å². The van der Waals surface area contributed by atoms with Gasteiger partial charge in [0.15, 0.2) is 0 Å². The molecule has 0 N–H and O–H groups in total. The van der Waals surface area contributed by atoms with Crippen molar-refractivity contribution in [2.75, 3.05) is 0 Å². The van der Waals surface area contributed by atoms with E-state index in [0.717, 1.165) is 5.56 Å². The number of nitrogens with zero attached hydrogens (tertiary/aromatic N) is 1. The van der Waals surface area contributed by atoms with Gasteiger partial charge >= 0.3 is 0 Å². The molecule has 0 atom stereocenters. The van der Waals surface area contributed by atoms with Crippen molar-refractivity contribution in [1.29, 1.82) is 0 Å². The van der Waals surface area contributed by atoms with Crippen LogP contribution in [0, 0.1) is 6.92 Å². The Bertz CT molecular complexity index is 276. The molecule has 0 bridgehead atoms. The second-order valence-corrected chi connectivity index (χ2v) is 3.01. The van der Waals surface area contributed by atoms with Gasteiger partial charge in [-0.2, -0.15) is 0 Å². The zero-order valence-corrected chi connectivity index (χ0v) is 8.11. The van der Waals surface area contributed by atoms with E-state index in [1.165, 1.54) is 6.20 Å². The predicted octanol–water partition coefficient (Wildman–Crippen LogP) is 3.22. The van der Waals surface area contributed by atoms with E-state index in [0.29, 0.717) is 10.9 Å². The number of aromatic nitrogens is 1. The van der Waals surface area contributed by atoms with Crippen molar-refractivity contribution in [2.24, 2.45) is 0 Å². The van der Waals surface area contributed by atoms with Gasteiger partial charge in [-0.05, 0) is 18.1 Å². The van der Waals surface area contributed by atoms with Gasteiger partial charge in [-0.1, -0.05) is 15.9 Å². The molecule has 0 aromatic carbocycles. The first-order chi connectivity index (χ1) is 5.66. The predicted molar refractivity (Wildman–Crippen MR) is 46.6 cm³/mol. The lowest BCUT2D eigenvalue weighted by Crippen LogP contribution is -1.95. The van der Waals surface area contributed by atoms with Crippen molar-refractivity contribution in [1.82, 2.24) is 4.98 Å². The number of alkyl halides is 3. The van der Waals surface area contributed by atoms with Gasteiger partial charge in [-0.15, -0.1) is 0 Å². The van der Waals surface area contributed by atoms with Gasteiger partial charge in [0.1, 0.15) is 0 Å². The number of hydrogen-bond acceptors (Lipinski definition) is 1. The van der Waals surface area contributed by atoms with E-state index < -0.39 is 6.43 Å². The Kier molecular flexibility index (Phi) is 3.14. The lowest BCUT2D eigenvalue weighted by molar-refractivity contribution is 0.150. The van der Waals surface area contributed by atoms with Crippen LogP contribution in [0.3, 0.4) is 0 Å². The van der Waals surface area contributed by atoms with Gasteiger partial charge in [0, 0.05) is 23.3 Å². The Morgan fingerprint density at radius 1 is 1.50 bits per heavy atom. The van der Waals surface area contributed by atoms with Crippen molar-refractivity contribution in [2.45, 2.75) is 18.7 Å². The summed E-state index contributed by atoms with van der Waals surface area (Å²) in [6.45, 7) is 1.68. The molecular formula is C8H8BrF2N. The molecule has 0 saturated heterocycles. The van der Waals surface area contributed by atoms with Crippen LogP contribution >= 0.6 is 15.9 Å². The Labute approximate surface area is 77.9 Å². The normalized spacial score (nSPS) is 10.8. The highest BCUT2D eigenvalue weighted by Gasteiger charge is 2.12. The van der Waals surface area contributed by atoms with E-state index in [1.54, 1.807) is 13.1 Å². The summed E-state index contributed by atoms with van der Waals surface area (Å²) in [5.41, 5.74) is 1.46. The Balaban J connectivity index is 3.14. The minimum absolute atomic E-state index is 0.0203. The topological polar surface area (TPSA) is 12.9 Å². The molecule has 0 saturated carbocycles. The number of hydrogen-bond donors (Lipinski definition) is 0. The lowest BCUT2D eigenvalue weighted by Gasteiger charge is -2.06. The van der Waals surface area contributed by atoms with Gasteiger partial charge < -0.3 is 0 Å². The van der Waals surface area contributed by atoms with Crippen LogP contribution in [0.4, 0.5) is 8.78 Å². The fraction of sp³-hybridized carbons (Fsp3) is 0.375. The van der Waals surface area contributed by atoms with E-state index in [1.807, 2.05) is 0 Å². The largest absolute Gasteiger partial charge is 0.265 e. The molecule has 1 nitrogen and oxygen atoms in total. The maximum atomic E-state index is 12.3. The number of rotatable bonds is 2. The molecule has 1 rings (SSSR count). The minimum Gasteiger partial charge on any atom is -0.264 e. The molecule has 0 radical (unpaired) electrons. The summed E-state index contributed by atoms with van der Waals surface area (Å²) in [5, 5.41) is 0.562. The molecule has 0 unspecified atom stereocenters. The monoisotopic (exact) mass is 235 g/mol. The minimum atomic E-state index is -2.43. The summed E-state index contributed by atoms with van der Waals surface area (Å²) in [6, 6.07) is 0. The molecular weight excluding hydrogens is 228 g/mol. The third-order valence-electron chi connectivity index (χ3n) is 1.74. The Hall–Kier alpha value is -0.510. The fourth-order valence-electron chi connectivity index (χ4n) is 0.941. The Morgan fingerprint density at radius 3 is 2.67 bits per heavy atom. The summed E-state index contributed by atoms with van der Waals surface area (Å²) < 4.78 is 24.6. The lowest BCUT2D eigenvalue weighted by atomic mass is 10.1. The third kappa shape index (κ3) is 1.80. The van der Waals surface area contributed by atoms with Crippen LogP contribution in [0.2, 0.25) is 0 Å². The van der Waals surface area contributed by atoms with Gasteiger partial charge in [-0.25, -0.2) is 8.78 Å². The second-order valence-electron chi connectivity index (χ2n) is 2.45. The van der Waals surface area contributed by atoms with Crippen LogP contribution in [0.5, 0.6) is 0 Å². The van der Waals surface area contributed by atoms with Gasteiger partial charge in [0.05, 0.1) is 0 Å². The van der Waals surface area contributed by atoms with Gasteiger partial charge in [-0.3, -0.25) is 4.98 Å². The van der Waals surface area contributed by atoms with Crippen LogP contribution in [0.15, 0.2) is 12.4 Å². The number of halogens is 3. The highest BCUT2D eigenvalue weighted by Crippen LogP contribution is 2.24. The Morgan fingerprint density at radius 2 is 2.17 bits per heavy atom. The molecule has 1 aromatic rings. The summed E-state index contributed by atoms with van der Waals surface area (Å²) in [4.78, 5) is 3.73. The molecule has 1 aromatic heterocycles. The molecule has 0 fully saturated rings. The standard InChI is InChI=1S/C8H8BrF2N/c1-5-6(2-9)3-12-4-7(5)8(10)11/h3-4,8H,2H2,1H3. The first-order valence-corrected chi connectivity index (χ1v) is 4.56. The van der Waals surface area contributed by atoms with Crippen LogP contribution in [-0.2, 0) is 5.33 Å². The first kappa shape index (κ1) is 9.58. The maximum Gasteiger partial charge on any atom is 0.265 e. The summed E-state index contributed by atoms with van der Waals surface area (Å²) in [5.74, 6) is 0. The molecule has 12 heavy (non-hydrogen) atoms. The zero-order chi connectivity index (χ0) is 9.14. The van der Waals surface area contributed by atoms with Crippen molar-refractivity contribution in [3.8, 4) is 0 Å².